The summed E-state index contributed by atoms with van der Waals surface area (Å²) in [5, 5.41) is 0. The van der Waals surface area contributed by atoms with Gasteiger partial charge in [-0.25, -0.2) is 0 Å². The van der Waals surface area contributed by atoms with Gasteiger partial charge in [0.25, 0.3) is 0 Å². The average Bonchev–Trinajstić information content (AvgIpc) is 3.39. The van der Waals surface area contributed by atoms with Crippen LogP contribution in [0, 0.1) is 0 Å². The molecule has 0 rings (SSSR count). The lowest BCUT2D eigenvalue weighted by molar-refractivity contribution is -0.166. The summed E-state index contributed by atoms with van der Waals surface area (Å²) in [6.45, 7) is 6.50. The molecule has 0 unspecified atom stereocenters. The Kier molecular flexibility index (Phi) is 58.3. The van der Waals surface area contributed by atoms with Crippen molar-refractivity contribution in [1.82, 2.24) is 0 Å². The number of allylic oxidation sites excluding steroid dienone is 14. The number of ether oxygens (including phenoxy) is 3. The number of unbranched alkanes of at least 4 members (excludes halogenated alkanes) is 31. The van der Waals surface area contributed by atoms with E-state index in [0.29, 0.717) is 19.3 Å². The fourth-order valence-electron chi connectivity index (χ4n) is 8.76. The molecule has 0 saturated heterocycles. The van der Waals surface area contributed by atoms with Crippen molar-refractivity contribution in [1.29, 1.82) is 0 Å². The van der Waals surface area contributed by atoms with Gasteiger partial charge in [0.1, 0.15) is 13.2 Å². The molecule has 0 N–H and O–H groups in total. The molecule has 0 spiro atoms. The summed E-state index contributed by atoms with van der Waals surface area (Å²) in [7, 11) is 0. The predicted octanol–water partition coefficient (Wildman–Crippen LogP) is 21.1. The highest BCUT2D eigenvalue weighted by Crippen LogP contribution is 2.16. The molecule has 73 heavy (non-hydrogen) atoms. The highest BCUT2D eigenvalue weighted by molar-refractivity contribution is 5.71. The van der Waals surface area contributed by atoms with Crippen LogP contribution in [0.15, 0.2) is 85.1 Å². The molecule has 0 bridgehead atoms. The largest absolute Gasteiger partial charge is 0.462 e. The fraction of sp³-hybridized carbons (Fsp3) is 0.746. The van der Waals surface area contributed by atoms with E-state index in [1.807, 2.05) is 6.08 Å². The Morgan fingerprint density at radius 3 is 0.890 bits per heavy atom. The van der Waals surface area contributed by atoms with Gasteiger partial charge >= 0.3 is 17.9 Å². The molecule has 0 amide bonds. The van der Waals surface area contributed by atoms with E-state index >= 15 is 0 Å². The summed E-state index contributed by atoms with van der Waals surface area (Å²) in [4.78, 5) is 38.3. The molecule has 0 aliphatic heterocycles. The maximum absolute atomic E-state index is 12.9. The lowest BCUT2D eigenvalue weighted by Gasteiger charge is -2.18. The number of esters is 3. The topological polar surface area (TPSA) is 78.9 Å². The summed E-state index contributed by atoms with van der Waals surface area (Å²) in [5.74, 6) is -0.979. The van der Waals surface area contributed by atoms with Gasteiger partial charge in [0.05, 0.1) is 0 Å². The molecule has 0 aliphatic rings. The van der Waals surface area contributed by atoms with Gasteiger partial charge in [0.2, 0.25) is 0 Å². The molecule has 0 fully saturated rings. The van der Waals surface area contributed by atoms with Gasteiger partial charge in [0, 0.05) is 19.3 Å². The first-order valence-corrected chi connectivity index (χ1v) is 31.1. The molecular weight excluding hydrogens is 901 g/mol. The van der Waals surface area contributed by atoms with Gasteiger partial charge < -0.3 is 14.2 Å². The van der Waals surface area contributed by atoms with Gasteiger partial charge in [-0.1, -0.05) is 286 Å². The number of hydrogen-bond acceptors (Lipinski definition) is 6. The monoisotopic (exact) mass is 1020 g/mol. The maximum Gasteiger partial charge on any atom is 0.306 e. The molecule has 6 nitrogen and oxygen atoms in total. The minimum atomic E-state index is -0.817. The van der Waals surface area contributed by atoms with Crippen LogP contribution in [0.1, 0.15) is 303 Å². The minimum absolute atomic E-state index is 0.104. The van der Waals surface area contributed by atoms with Crippen molar-refractivity contribution in [3.8, 4) is 0 Å². The minimum Gasteiger partial charge on any atom is -0.462 e. The van der Waals surface area contributed by atoms with E-state index in [1.165, 1.54) is 180 Å². The van der Waals surface area contributed by atoms with Gasteiger partial charge in [-0.05, 0) is 83.5 Å². The standard InChI is InChI=1S/C67H116O6/c1-4-7-10-13-16-19-22-25-28-31-33-36-39-42-45-48-51-54-57-60-66(69)72-63-64(62-71-65(68)59-56-53-50-47-44-41-38-35-30-27-24-21-18-15-12-9-6-3)73-67(70)61-58-55-52-49-46-43-40-37-34-32-29-26-23-20-17-14-11-8-5-2/h8,11,17,20,25-26,28-29,34,37,43,46,52,55,64H,4-7,9-10,12-16,18-19,21-24,27,30-33,35-36,38-42,44-45,47-51,53-54,56-63H2,1-3H3/b11-8-,20-17-,28-25-,29-26-,37-34-,46-43-,55-52-/t64-/m0/s1. The van der Waals surface area contributed by atoms with E-state index in [2.05, 4.69) is 99.8 Å². The van der Waals surface area contributed by atoms with Crippen LogP contribution >= 0.6 is 0 Å². The fourth-order valence-corrected chi connectivity index (χ4v) is 8.76. The van der Waals surface area contributed by atoms with Crippen LogP contribution in [-0.4, -0.2) is 37.2 Å². The third kappa shape index (κ3) is 59.3. The first-order valence-electron chi connectivity index (χ1n) is 31.1. The molecule has 0 aromatic heterocycles. The van der Waals surface area contributed by atoms with E-state index in [4.69, 9.17) is 14.2 Å². The van der Waals surface area contributed by atoms with Crippen molar-refractivity contribution in [2.45, 2.75) is 309 Å². The molecule has 0 saturated carbocycles. The van der Waals surface area contributed by atoms with Crippen LogP contribution in [-0.2, 0) is 28.6 Å². The Labute approximate surface area is 452 Å². The SMILES string of the molecule is CC/C=C\C/C=C\C/C=C\C/C=C\C/C=C\C/C=C\CCC(=O)O[C@H](COC(=O)CCCCCCCCCCC/C=C\CCCCCCCC)COC(=O)CCCCCCCCCCCCCCCCCCC. The number of rotatable bonds is 56. The van der Waals surface area contributed by atoms with Crippen molar-refractivity contribution in [3.05, 3.63) is 85.1 Å². The molecular formula is C67H116O6. The molecule has 0 radical (unpaired) electrons. The summed E-state index contributed by atoms with van der Waals surface area (Å²) < 4.78 is 16.8. The maximum atomic E-state index is 12.9. The second-order valence-corrected chi connectivity index (χ2v) is 20.6. The van der Waals surface area contributed by atoms with Gasteiger partial charge in [-0.2, -0.15) is 0 Å². The van der Waals surface area contributed by atoms with Crippen LogP contribution in [0.5, 0.6) is 0 Å². The highest BCUT2D eigenvalue weighted by Gasteiger charge is 2.19. The van der Waals surface area contributed by atoms with Crippen LogP contribution in [0.2, 0.25) is 0 Å². The number of hydrogen-bond donors (Lipinski definition) is 0. The second kappa shape index (κ2) is 61.1. The molecule has 0 aromatic carbocycles. The van der Waals surface area contributed by atoms with Crippen molar-refractivity contribution in [3.63, 3.8) is 0 Å². The van der Waals surface area contributed by atoms with Gasteiger partial charge in [-0.3, -0.25) is 14.4 Å². The van der Waals surface area contributed by atoms with Gasteiger partial charge in [-0.15, -0.1) is 0 Å². The normalized spacial score (nSPS) is 12.6. The Morgan fingerprint density at radius 2 is 0.562 bits per heavy atom. The third-order valence-corrected chi connectivity index (χ3v) is 13.4. The first kappa shape index (κ1) is 69.6. The van der Waals surface area contributed by atoms with Gasteiger partial charge in [0.15, 0.2) is 6.10 Å². The van der Waals surface area contributed by atoms with Crippen LogP contribution in [0.4, 0.5) is 0 Å². The first-order chi connectivity index (χ1) is 36.0. The quantitative estimate of drug-likeness (QED) is 0.0261. The van der Waals surface area contributed by atoms with E-state index in [0.717, 1.165) is 77.0 Å². The van der Waals surface area contributed by atoms with Crippen LogP contribution < -0.4 is 0 Å². The average molecular weight is 1020 g/mol. The van der Waals surface area contributed by atoms with E-state index in [9.17, 15) is 14.4 Å². The Balaban J connectivity index is 4.47. The highest BCUT2D eigenvalue weighted by atomic mass is 16.6. The van der Waals surface area contributed by atoms with Crippen molar-refractivity contribution >= 4 is 17.9 Å². The zero-order valence-corrected chi connectivity index (χ0v) is 48.1. The van der Waals surface area contributed by atoms with E-state index in [-0.39, 0.29) is 37.5 Å². The second-order valence-electron chi connectivity index (χ2n) is 20.6. The van der Waals surface area contributed by atoms with E-state index < -0.39 is 6.10 Å². The molecule has 1 atom stereocenters. The molecule has 6 heteroatoms. The smallest absolute Gasteiger partial charge is 0.306 e. The Morgan fingerprint density at radius 1 is 0.288 bits per heavy atom. The van der Waals surface area contributed by atoms with E-state index in [1.54, 1.807) is 0 Å². The lowest BCUT2D eigenvalue weighted by Crippen LogP contribution is -2.30. The molecule has 0 aliphatic carbocycles. The summed E-state index contributed by atoms with van der Waals surface area (Å²) in [6, 6.07) is 0. The zero-order valence-electron chi connectivity index (χ0n) is 48.1. The molecule has 420 valence electrons. The van der Waals surface area contributed by atoms with Crippen LogP contribution in [0.25, 0.3) is 0 Å². The molecule has 0 heterocycles. The number of carbonyl (C=O) groups excluding carboxylic acids is 3. The third-order valence-electron chi connectivity index (χ3n) is 13.4. The lowest BCUT2D eigenvalue weighted by atomic mass is 10.0. The predicted molar refractivity (Wildman–Crippen MR) is 316 cm³/mol. The summed E-state index contributed by atoms with van der Waals surface area (Å²) in [6.07, 6.45) is 80.2. The summed E-state index contributed by atoms with van der Waals surface area (Å²) >= 11 is 0. The summed E-state index contributed by atoms with van der Waals surface area (Å²) in [5.41, 5.74) is 0. The Bertz CT molecular complexity index is 1400. The number of carbonyl (C=O) groups is 3. The van der Waals surface area contributed by atoms with Crippen molar-refractivity contribution < 1.29 is 28.6 Å². The molecule has 0 aromatic rings. The van der Waals surface area contributed by atoms with Crippen molar-refractivity contribution in [2.75, 3.05) is 13.2 Å². The Hall–Kier alpha value is -3.41. The zero-order chi connectivity index (χ0) is 52.9. The van der Waals surface area contributed by atoms with Crippen molar-refractivity contribution in [2.24, 2.45) is 0 Å². The van der Waals surface area contributed by atoms with Crippen LogP contribution in [0.3, 0.4) is 0 Å².